The molecule has 0 aliphatic heterocycles. The molecule has 17 heavy (non-hydrogen) atoms. The van der Waals surface area contributed by atoms with Gasteiger partial charge in [0.25, 0.3) is 0 Å². The number of hydrogen-bond donors (Lipinski definition) is 1. The van der Waals surface area contributed by atoms with Gasteiger partial charge in [-0.15, -0.1) is 0 Å². The minimum absolute atomic E-state index is 0.367. The Morgan fingerprint density at radius 1 is 1.24 bits per heavy atom. The fourth-order valence-electron chi connectivity index (χ4n) is 2.18. The monoisotopic (exact) mass is 294 g/mol. The summed E-state index contributed by atoms with van der Waals surface area (Å²) in [7, 11) is 2.00. The first-order chi connectivity index (χ1) is 8.04. The van der Waals surface area contributed by atoms with Crippen LogP contribution < -0.4 is 5.32 Å². The van der Waals surface area contributed by atoms with Gasteiger partial charge in [-0.2, -0.15) is 0 Å². The van der Waals surface area contributed by atoms with E-state index in [-0.39, 0.29) is 0 Å². The second-order valence-electron chi connectivity index (χ2n) is 4.76. The van der Waals surface area contributed by atoms with Crippen molar-refractivity contribution in [2.24, 2.45) is 0 Å². The highest BCUT2D eigenvalue weighted by molar-refractivity contribution is 9.10. The molecule has 1 heterocycles. The van der Waals surface area contributed by atoms with Crippen LogP contribution in [0, 0.1) is 0 Å². The fourth-order valence-corrected chi connectivity index (χ4v) is 2.54. The molecule has 0 spiro atoms. The van der Waals surface area contributed by atoms with Gasteiger partial charge in [-0.3, -0.25) is 0 Å². The van der Waals surface area contributed by atoms with Gasteiger partial charge in [-0.05, 0) is 51.6 Å². The third-order valence-electron chi connectivity index (χ3n) is 3.28. The summed E-state index contributed by atoms with van der Waals surface area (Å²) < 4.78 is 3.47. The molecular formula is C14H19BrN2. The molecule has 2 rings (SSSR count). The number of halogens is 1. The van der Waals surface area contributed by atoms with Crippen molar-refractivity contribution in [1.29, 1.82) is 0 Å². The van der Waals surface area contributed by atoms with E-state index >= 15 is 0 Å². The second kappa shape index (κ2) is 4.83. The highest BCUT2D eigenvalue weighted by Gasteiger charge is 2.14. The highest BCUT2D eigenvalue weighted by atomic mass is 79.9. The van der Waals surface area contributed by atoms with Crippen LogP contribution in [0.25, 0.3) is 10.9 Å². The Morgan fingerprint density at radius 3 is 2.53 bits per heavy atom. The van der Waals surface area contributed by atoms with Crippen LogP contribution in [0.5, 0.6) is 0 Å². The van der Waals surface area contributed by atoms with Gasteiger partial charge in [-0.1, -0.05) is 15.9 Å². The number of rotatable bonds is 3. The van der Waals surface area contributed by atoms with Crippen molar-refractivity contribution in [3.8, 4) is 0 Å². The van der Waals surface area contributed by atoms with Crippen LogP contribution in [0.2, 0.25) is 0 Å². The first kappa shape index (κ1) is 12.7. The molecule has 0 radical (unpaired) electrons. The summed E-state index contributed by atoms with van der Waals surface area (Å²) in [6.07, 6.45) is 2.27. The smallest absolute Gasteiger partial charge is 0.0486 e. The summed E-state index contributed by atoms with van der Waals surface area (Å²) in [6, 6.07) is 7.35. The summed E-state index contributed by atoms with van der Waals surface area (Å²) in [6.45, 7) is 6.63. The summed E-state index contributed by atoms with van der Waals surface area (Å²) in [4.78, 5) is 0. The highest BCUT2D eigenvalue weighted by Crippen LogP contribution is 2.30. The molecule has 0 fully saturated rings. The molecule has 2 aromatic rings. The molecule has 2 nitrogen and oxygen atoms in total. The maximum atomic E-state index is 3.55. The van der Waals surface area contributed by atoms with E-state index in [4.69, 9.17) is 0 Å². The molecule has 1 unspecified atom stereocenters. The van der Waals surface area contributed by atoms with Gasteiger partial charge in [0.1, 0.15) is 0 Å². The zero-order chi connectivity index (χ0) is 12.6. The maximum absolute atomic E-state index is 3.55. The molecule has 1 aromatic heterocycles. The lowest BCUT2D eigenvalue weighted by Crippen LogP contribution is -2.11. The van der Waals surface area contributed by atoms with Crippen LogP contribution in [-0.2, 0) is 0 Å². The Bertz CT molecular complexity index is 528. The topological polar surface area (TPSA) is 17.0 Å². The van der Waals surface area contributed by atoms with Gasteiger partial charge in [0.05, 0.1) is 0 Å². The molecule has 3 heteroatoms. The van der Waals surface area contributed by atoms with Crippen LogP contribution in [0.4, 0.5) is 0 Å². The van der Waals surface area contributed by atoms with E-state index in [2.05, 4.69) is 71.0 Å². The Hall–Kier alpha value is -0.800. The Balaban J connectivity index is 2.71. The van der Waals surface area contributed by atoms with Crippen molar-refractivity contribution in [3.63, 3.8) is 0 Å². The molecule has 1 atom stereocenters. The van der Waals surface area contributed by atoms with Gasteiger partial charge >= 0.3 is 0 Å². The molecular weight excluding hydrogens is 276 g/mol. The first-order valence-corrected chi connectivity index (χ1v) is 6.81. The molecule has 0 bridgehead atoms. The lowest BCUT2D eigenvalue weighted by atomic mass is 10.1. The Labute approximate surface area is 111 Å². The summed E-state index contributed by atoms with van der Waals surface area (Å²) in [5.74, 6) is 0. The third kappa shape index (κ3) is 2.26. The van der Waals surface area contributed by atoms with E-state index < -0.39 is 0 Å². The van der Waals surface area contributed by atoms with E-state index in [0.717, 1.165) is 4.47 Å². The summed E-state index contributed by atoms with van der Waals surface area (Å²) in [5, 5.41) is 4.65. The van der Waals surface area contributed by atoms with E-state index in [1.807, 2.05) is 7.05 Å². The second-order valence-corrected chi connectivity index (χ2v) is 5.67. The quantitative estimate of drug-likeness (QED) is 0.895. The van der Waals surface area contributed by atoms with Crippen molar-refractivity contribution in [2.45, 2.75) is 32.9 Å². The van der Waals surface area contributed by atoms with Crippen molar-refractivity contribution >= 4 is 26.8 Å². The predicted octanol–water partition coefficient (Wildman–Crippen LogP) is 4.27. The van der Waals surface area contributed by atoms with Crippen molar-refractivity contribution in [1.82, 2.24) is 9.88 Å². The van der Waals surface area contributed by atoms with Crippen LogP contribution >= 0.6 is 15.9 Å². The maximum Gasteiger partial charge on any atom is 0.0486 e. The molecule has 0 amide bonds. The van der Waals surface area contributed by atoms with E-state index in [1.165, 1.54) is 16.5 Å². The first-order valence-electron chi connectivity index (χ1n) is 6.02. The molecule has 92 valence electrons. The zero-order valence-electron chi connectivity index (χ0n) is 10.8. The van der Waals surface area contributed by atoms with E-state index in [9.17, 15) is 0 Å². The largest absolute Gasteiger partial charge is 0.345 e. The molecule has 0 aliphatic carbocycles. The van der Waals surface area contributed by atoms with Crippen LogP contribution in [-0.4, -0.2) is 11.6 Å². The fraction of sp³-hybridized carbons (Fsp3) is 0.429. The molecule has 0 aliphatic rings. The third-order valence-corrected chi connectivity index (χ3v) is 3.78. The number of hydrogen-bond acceptors (Lipinski definition) is 1. The van der Waals surface area contributed by atoms with Gasteiger partial charge in [0, 0.05) is 33.7 Å². The number of benzene rings is 1. The molecule has 1 aromatic carbocycles. The number of aromatic nitrogens is 1. The van der Waals surface area contributed by atoms with Crippen molar-refractivity contribution < 1.29 is 0 Å². The molecule has 0 saturated carbocycles. The Kier molecular flexibility index (Phi) is 3.59. The minimum Gasteiger partial charge on any atom is -0.345 e. The van der Waals surface area contributed by atoms with Crippen molar-refractivity contribution in [3.05, 3.63) is 34.4 Å². The van der Waals surface area contributed by atoms with Crippen LogP contribution in [0.1, 0.15) is 38.4 Å². The summed E-state index contributed by atoms with van der Waals surface area (Å²) >= 11 is 3.55. The van der Waals surface area contributed by atoms with Crippen LogP contribution in [0.3, 0.4) is 0 Å². The van der Waals surface area contributed by atoms with Crippen molar-refractivity contribution in [2.75, 3.05) is 7.05 Å². The number of nitrogens with one attached hydrogen (secondary N) is 1. The SMILES string of the molecule is CNC(C)c1cn(C(C)C)c2ccc(Br)cc12. The van der Waals surface area contributed by atoms with Gasteiger partial charge < -0.3 is 9.88 Å². The van der Waals surface area contributed by atoms with Gasteiger partial charge in [0.15, 0.2) is 0 Å². The lowest BCUT2D eigenvalue weighted by molar-refractivity contribution is 0.608. The number of nitrogens with zero attached hydrogens (tertiary/aromatic N) is 1. The van der Waals surface area contributed by atoms with E-state index in [1.54, 1.807) is 0 Å². The van der Waals surface area contributed by atoms with Gasteiger partial charge in [-0.25, -0.2) is 0 Å². The predicted molar refractivity (Wildman–Crippen MR) is 77.5 cm³/mol. The standard InChI is InChI=1S/C14H19BrN2/c1-9(2)17-8-13(10(3)16-4)12-7-11(15)5-6-14(12)17/h5-10,16H,1-4H3. The minimum atomic E-state index is 0.367. The van der Waals surface area contributed by atoms with E-state index in [0.29, 0.717) is 12.1 Å². The zero-order valence-corrected chi connectivity index (χ0v) is 12.4. The number of fused-ring (bicyclic) bond motifs is 1. The Morgan fingerprint density at radius 2 is 1.94 bits per heavy atom. The summed E-state index contributed by atoms with van der Waals surface area (Å²) in [5.41, 5.74) is 2.66. The average Bonchev–Trinajstić information content (AvgIpc) is 2.66. The molecule has 0 saturated heterocycles. The lowest BCUT2D eigenvalue weighted by Gasteiger charge is -2.09. The molecule has 1 N–H and O–H groups in total. The normalized spacial score (nSPS) is 13.5. The van der Waals surface area contributed by atoms with Crippen LogP contribution in [0.15, 0.2) is 28.9 Å². The van der Waals surface area contributed by atoms with Gasteiger partial charge in [0.2, 0.25) is 0 Å². The average molecular weight is 295 g/mol.